The second kappa shape index (κ2) is 7.40. The summed E-state index contributed by atoms with van der Waals surface area (Å²) in [5.74, 6) is -0.493. The van der Waals surface area contributed by atoms with Crippen molar-refractivity contribution >= 4 is 35.4 Å². The molecule has 1 fully saturated rings. The van der Waals surface area contributed by atoms with Crippen LogP contribution in [0.1, 0.15) is 5.56 Å². The lowest BCUT2D eigenvalue weighted by Gasteiger charge is -2.23. The summed E-state index contributed by atoms with van der Waals surface area (Å²) in [5, 5.41) is 3.26. The van der Waals surface area contributed by atoms with Gasteiger partial charge in [0.1, 0.15) is 0 Å². The van der Waals surface area contributed by atoms with Gasteiger partial charge in [-0.15, -0.1) is 0 Å². The standard InChI is InChI=1S/C19H17ClN2O3/c1-25-18(23)17-16(12-7-13-5-3-2-4-6-13)22(19(24)21-17)15-10-8-14(20)9-11-15/h2-12,16-17H,1H3,(H,21,24)/b12-7+/t16-,17+/m0/s1. The fourth-order valence-electron chi connectivity index (χ4n) is 2.76. The van der Waals surface area contributed by atoms with Crippen LogP contribution in [-0.2, 0) is 9.53 Å². The summed E-state index contributed by atoms with van der Waals surface area (Å²) in [7, 11) is 1.30. The molecule has 0 aromatic heterocycles. The molecular formula is C19H17ClN2O3. The molecule has 2 atom stereocenters. The van der Waals surface area contributed by atoms with Crippen LogP contribution in [0.5, 0.6) is 0 Å². The van der Waals surface area contributed by atoms with Crippen molar-refractivity contribution in [3.05, 3.63) is 71.3 Å². The van der Waals surface area contributed by atoms with Crippen LogP contribution >= 0.6 is 11.6 Å². The molecule has 0 unspecified atom stereocenters. The maximum atomic E-state index is 12.5. The fourth-order valence-corrected chi connectivity index (χ4v) is 2.89. The molecule has 0 radical (unpaired) electrons. The van der Waals surface area contributed by atoms with Crippen LogP contribution in [0.25, 0.3) is 6.08 Å². The molecule has 2 aromatic carbocycles. The number of hydrogen-bond donors (Lipinski definition) is 1. The summed E-state index contributed by atoms with van der Waals surface area (Å²) in [6.45, 7) is 0. The van der Waals surface area contributed by atoms with Gasteiger partial charge in [0.2, 0.25) is 0 Å². The van der Waals surface area contributed by atoms with Crippen molar-refractivity contribution in [1.82, 2.24) is 5.32 Å². The van der Waals surface area contributed by atoms with Gasteiger partial charge < -0.3 is 10.1 Å². The van der Waals surface area contributed by atoms with Crippen LogP contribution in [0.3, 0.4) is 0 Å². The smallest absolute Gasteiger partial charge is 0.330 e. The van der Waals surface area contributed by atoms with Gasteiger partial charge in [-0.25, -0.2) is 9.59 Å². The van der Waals surface area contributed by atoms with Crippen molar-refractivity contribution in [2.75, 3.05) is 12.0 Å². The van der Waals surface area contributed by atoms with Gasteiger partial charge in [0.15, 0.2) is 6.04 Å². The quantitative estimate of drug-likeness (QED) is 0.853. The van der Waals surface area contributed by atoms with E-state index < -0.39 is 18.1 Å². The molecule has 1 aliphatic rings. The third kappa shape index (κ3) is 3.67. The lowest BCUT2D eigenvalue weighted by molar-refractivity contribution is -0.142. The highest BCUT2D eigenvalue weighted by atomic mass is 35.5. The molecule has 0 saturated carbocycles. The van der Waals surface area contributed by atoms with E-state index in [2.05, 4.69) is 5.32 Å². The lowest BCUT2D eigenvalue weighted by Crippen LogP contribution is -2.41. The number of urea groups is 1. The molecule has 0 spiro atoms. The van der Waals surface area contributed by atoms with E-state index in [-0.39, 0.29) is 6.03 Å². The van der Waals surface area contributed by atoms with E-state index in [1.165, 1.54) is 12.0 Å². The number of benzene rings is 2. The van der Waals surface area contributed by atoms with Gasteiger partial charge in [-0.3, -0.25) is 4.90 Å². The van der Waals surface area contributed by atoms with Crippen molar-refractivity contribution in [2.45, 2.75) is 12.1 Å². The Kier molecular flexibility index (Phi) is 5.05. The number of rotatable bonds is 4. The normalized spacial score (nSPS) is 19.9. The minimum atomic E-state index is -0.784. The minimum absolute atomic E-state index is 0.361. The Balaban J connectivity index is 1.96. The second-order valence-corrected chi connectivity index (χ2v) is 5.99. The third-order valence-corrected chi connectivity index (χ3v) is 4.23. The molecule has 25 heavy (non-hydrogen) atoms. The Morgan fingerprint density at radius 3 is 2.48 bits per heavy atom. The zero-order chi connectivity index (χ0) is 17.8. The van der Waals surface area contributed by atoms with E-state index in [1.807, 2.05) is 42.5 Å². The van der Waals surface area contributed by atoms with E-state index in [1.54, 1.807) is 24.3 Å². The van der Waals surface area contributed by atoms with E-state index in [9.17, 15) is 9.59 Å². The maximum absolute atomic E-state index is 12.5. The molecule has 1 saturated heterocycles. The Morgan fingerprint density at radius 2 is 1.84 bits per heavy atom. The van der Waals surface area contributed by atoms with Crippen LogP contribution in [0.15, 0.2) is 60.7 Å². The molecule has 2 aromatic rings. The van der Waals surface area contributed by atoms with Gasteiger partial charge in [0.25, 0.3) is 0 Å². The van der Waals surface area contributed by atoms with Crippen molar-refractivity contribution in [3.63, 3.8) is 0 Å². The number of nitrogens with one attached hydrogen (secondary N) is 1. The van der Waals surface area contributed by atoms with Crippen molar-refractivity contribution in [3.8, 4) is 0 Å². The summed E-state index contributed by atoms with van der Waals surface area (Å²) in [4.78, 5) is 26.1. The largest absolute Gasteiger partial charge is 0.467 e. The summed E-state index contributed by atoms with van der Waals surface area (Å²) in [5.41, 5.74) is 1.62. The lowest BCUT2D eigenvalue weighted by atomic mass is 10.1. The number of halogens is 1. The van der Waals surface area contributed by atoms with Crippen LogP contribution in [0, 0.1) is 0 Å². The first-order valence-electron chi connectivity index (χ1n) is 7.76. The molecule has 0 bridgehead atoms. The predicted molar refractivity (Wildman–Crippen MR) is 97.5 cm³/mol. The number of amides is 2. The van der Waals surface area contributed by atoms with E-state index in [0.717, 1.165) is 5.56 Å². The molecule has 2 amide bonds. The van der Waals surface area contributed by atoms with Crippen LogP contribution < -0.4 is 10.2 Å². The molecule has 1 N–H and O–H groups in total. The number of methoxy groups -OCH3 is 1. The zero-order valence-corrected chi connectivity index (χ0v) is 14.3. The summed E-state index contributed by atoms with van der Waals surface area (Å²) in [6.07, 6.45) is 3.70. The first-order valence-corrected chi connectivity index (χ1v) is 8.14. The van der Waals surface area contributed by atoms with E-state index >= 15 is 0 Å². The van der Waals surface area contributed by atoms with Gasteiger partial charge >= 0.3 is 12.0 Å². The molecular weight excluding hydrogens is 340 g/mol. The average molecular weight is 357 g/mol. The number of ether oxygens (including phenoxy) is 1. The molecule has 1 aliphatic heterocycles. The highest BCUT2D eigenvalue weighted by Gasteiger charge is 2.43. The topological polar surface area (TPSA) is 58.6 Å². The highest BCUT2D eigenvalue weighted by molar-refractivity contribution is 6.30. The molecule has 6 heteroatoms. The second-order valence-electron chi connectivity index (χ2n) is 5.56. The van der Waals surface area contributed by atoms with Crippen molar-refractivity contribution < 1.29 is 14.3 Å². The van der Waals surface area contributed by atoms with E-state index in [4.69, 9.17) is 16.3 Å². The predicted octanol–water partition coefficient (Wildman–Crippen LogP) is 3.49. The zero-order valence-electron chi connectivity index (χ0n) is 13.6. The number of esters is 1. The van der Waals surface area contributed by atoms with Gasteiger partial charge in [-0.2, -0.15) is 0 Å². The average Bonchev–Trinajstić information content (AvgIpc) is 2.97. The van der Waals surface area contributed by atoms with Crippen molar-refractivity contribution in [1.29, 1.82) is 0 Å². The third-order valence-electron chi connectivity index (χ3n) is 3.98. The number of carbonyl (C=O) groups excluding carboxylic acids is 2. The summed E-state index contributed by atoms with van der Waals surface area (Å²) < 4.78 is 4.83. The van der Waals surface area contributed by atoms with Gasteiger partial charge in [0, 0.05) is 10.7 Å². The van der Waals surface area contributed by atoms with E-state index in [0.29, 0.717) is 10.7 Å². The summed E-state index contributed by atoms with van der Waals surface area (Å²) in [6, 6.07) is 14.9. The molecule has 0 aliphatic carbocycles. The number of nitrogens with zero attached hydrogens (tertiary/aromatic N) is 1. The number of hydrogen-bond acceptors (Lipinski definition) is 3. The number of carbonyl (C=O) groups is 2. The Bertz CT molecular complexity index is 790. The molecule has 128 valence electrons. The fraction of sp³-hybridized carbons (Fsp3) is 0.158. The van der Waals surface area contributed by atoms with Gasteiger partial charge in [-0.1, -0.05) is 54.1 Å². The van der Waals surface area contributed by atoms with Gasteiger partial charge in [0.05, 0.1) is 13.2 Å². The SMILES string of the molecule is COC(=O)[C@@H]1NC(=O)N(c2ccc(Cl)cc2)[C@H]1/C=C/c1ccccc1. The minimum Gasteiger partial charge on any atom is -0.467 e. The Morgan fingerprint density at radius 1 is 1.16 bits per heavy atom. The first-order chi connectivity index (χ1) is 12.1. The maximum Gasteiger partial charge on any atom is 0.330 e. The Hall–Kier alpha value is -2.79. The molecule has 3 rings (SSSR count). The van der Waals surface area contributed by atoms with Crippen LogP contribution in [0.2, 0.25) is 5.02 Å². The van der Waals surface area contributed by atoms with Crippen LogP contribution in [0.4, 0.5) is 10.5 Å². The molecule has 1 heterocycles. The van der Waals surface area contributed by atoms with Crippen molar-refractivity contribution in [2.24, 2.45) is 0 Å². The monoisotopic (exact) mass is 356 g/mol. The number of anilines is 1. The van der Waals surface area contributed by atoms with Crippen LogP contribution in [-0.4, -0.2) is 31.2 Å². The van der Waals surface area contributed by atoms with Gasteiger partial charge in [-0.05, 0) is 29.8 Å². The molecule has 5 nitrogen and oxygen atoms in total. The summed E-state index contributed by atoms with van der Waals surface area (Å²) >= 11 is 5.93. The Labute approximate surface area is 150 Å². The highest BCUT2D eigenvalue weighted by Crippen LogP contribution is 2.27. The first kappa shape index (κ1) is 17.0.